The molecule has 0 aliphatic rings. The summed E-state index contributed by atoms with van der Waals surface area (Å²) in [6.45, 7) is 0.390. The largest absolute Gasteiger partial charge is 0.330 e. The zero-order valence-corrected chi connectivity index (χ0v) is 10.5. The summed E-state index contributed by atoms with van der Waals surface area (Å²) in [6.07, 6.45) is 0.670. The molecule has 0 saturated carbocycles. The van der Waals surface area contributed by atoms with E-state index in [2.05, 4.69) is 6.07 Å². The summed E-state index contributed by atoms with van der Waals surface area (Å²) < 4.78 is 13.7. The highest BCUT2D eigenvalue weighted by molar-refractivity contribution is 5.33. The first-order valence-electron chi connectivity index (χ1n) is 6.18. The van der Waals surface area contributed by atoms with E-state index in [4.69, 9.17) is 11.0 Å². The van der Waals surface area contributed by atoms with Gasteiger partial charge in [-0.15, -0.1) is 0 Å². The zero-order valence-electron chi connectivity index (χ0n) is 10.5. The van der Waals surface area contributed by atoms with Crippen LogP contribution in [0.5, 0.6) is 0 Å². The third-order valence-electron chi connectivity index (χ3n) is 3.19. The van der Waals surface area contributed by atoms with E-state index < -0.39 is 0 Å². The van der Waals surface area contributed by atoms with Gasteiger partial charge < -0.3 is 5.73 Å². The Hall–Kier alpha value is -2.18. The topological polar surface area (TPSA) is 49.8 Å². The average molecular weight is 254 g/mol. The van der Waals surface area contributed by atoms with E-state index in [0.717, 1.165) is 5.56 Å². The van der Waals surface area contributed by atoms with E-state index in [9.17, 15) is 4.39 Å². The second-order valence-electron chi connectivity index (χ2n) is 4.47. The van der Waals surface area contributed by atoms with Crippen LogP contribution in [-0.2, 0) is 6.42 Å². The molecule has 0 aliphatic heterocycles. The summed E-state index contributed by atoms with van der Waals surface area (Å²) in [5.41, 5.74) is 8.08. The van der Waals surface area contributed by atoms with Crippen LogP contribution >= 0.6 is 0 Å². The highest BCUT2D eigenvalue weighted by Gasteiger charge is 2.14. The fourth-order valence-corrected chi connectivity index (χ4v) is 2.13. The van der Waals surface area contributed by atoms with Crippen LogP contribution < -0.4 is 5.73 Å². The number of nitriles is 1. The maximum atomic E-state index is 13.7. The molecular weight excluding hydrogens is 239 g/mol. The minimum Gasteiger partial charge on any atom is -0.330 e. The Labute approximate surface area is 112 Å². The van der Waals surface area contributed by atoms with Gasteiger partial charge in [0.25, 0.3) is 0 Å². The van der Waals surface area contributed by atoms with Gasteiger partial charge in [-0.05, 0) is 42.3 Å². The molecule has 0 fully saturated rings. The van der Waals surface area contributed by atoms with Gasteiger partial charge in [0.15, 0.2) is 0 Å². The van der Waals surface area contributed by atoms with Crippen molar-refractivity contribution < 1.29 is 4.39 Å². The molecule has 0 aliphatic carbocycles. The van der Waals surface area contributed by atoms with Crippen molar-refractivity contribution in [3.8, 4) is 6.07 Å². The highest BCUT2D eigenvalue weighted by atomic mass is 19.1. The van der Waals surface area contributed by atoms with E-state index in [-0.39, 0.29) is 11.7 Å². The second kappa shape index (κ2) is 6.12. The lowest BCUT2D eigenvalue weighted by Crippen LogP contribution is -2.16. The molecule has 0 radical (unpaired) electrons. The molecule has 2 N–H and O–H groups in total. The lowest BCUT2D eigenvalue weighted by Gasteiger charge is -2.16. The van der Waals surface area contributed by atoms with Gasteiger partial charge in [0.05, 0.1) is 11.6 Å². The number of rotatable bonds is 4. The molecule has 0 bridgehead atoms. The molecule has 2 nitrogen and oxygen atoms in total. The van der Waals surface area contributed by atoms with Crippen LogP contribution in [0.1, 0.15) is 22.6 Å². The number of hydrogen-bond acceptors (Lipinski definition) is 2. The van der Waals surface area contributed by atoms with E-state index >= 15 is 0 Å². The second-order valence-corrected chi connectivity index (χ2v) is 4.47. The van der Waals surface area contributed by atoms with Gasteiger partial charge in [0.2, 0.25) is 0 Å². The Morgan fingerprint density at radius 2 is 1.79 bits per heavy atom. The SMILES string of the molecule is N#Cc1ccc(CC(CN)c2ccccc2F)cc1. The summed E-state index contributed by atoms with van der Waals surface area (Å²) >= 11 is 0. The first kappa shape index (κ1) is 13.3. The van der Waals surface area contributed by atoms with Crippen molar-refractivity contribution in [2.75, 3.05) is 6.54 Å². The third-order valence-corrected chi connectivity index (χ3v) is 3.19. The molecule has 1 unspecified atom stereocenters. The lowest BCUT2D eigenvalue weighted by molar-refractivity contribution is 0.576. The van der Waals surface area contributed by atoms with Crippen molar-refractivity contribution in [1.82, 2.24) is 0 Å². The van der Waals surface area contributed by atoms with E-state index in [1.807, 2.05) is 18.2 Å². The van der Waals surface area contributed by atoms with Crippen LogP contribution in [0.25, 0.3) is 0 Å². The number of nitrogens with two attached hydrogens (primary N) is 1. The predicted octanol–water partition coefficient (Wildman–Crippen LogP) is 2.98. The minimum absolute atomic E-state index is 0.0471. The fourth-order valence-electron chi connectivity index (χ4n) is 2.13. The quantitative estimate of drug-likeness (QED) is 0.911. The molecule has 3 heteroatoms. The molecule has 0 heterocycles. The Morgan fingerprint density at radius 3 is 2.37 bits per heavy atom. The summed E-state index contributed by atoms with van der Waals surface area (Å²) in [5, 5.41) is 8.75. The lowest BCUT2D eigenvalue weighted by atomic mass is 9.91. The van der Waals surface area contributed by atoms with Crippen LogP contribution in [0.15, 0.2) is 48.5 Å². The van der Waals surface area contributed by atoms with Crippen LogP contribution in [-0.4, -0.2) is 6.54 Å². The molecule has 0 saturated heterocycles. The monoisotopic (exact) mass is 254 g/mol. The fraction of sp³-hybridized carbons (Fsp3) is 0.188. The smallest absolute Gasteiger partial charge is 0.126 e. The summed E-state index contributed by atoms with van der Waals surface area (Å²) in [6, 6.07) is 16.1. The van der Waals surface area contributed by atoms with Gasteiger partial charge in [-0.3, -0.25) is 0 Å². The Bertz CT molecular complexity index is 584. The van der Waals surface area contributed by atoms with E-state index in [1.165, 1.54) is 6.07 Å². The molecule has 96 valence electrons. The maximum Gasteiger partial charge on any atom is 0.126 e. The standard InChI is InChI=1S/C16H15FN2/c17-16-4-2-1-3-15(16)14(11-19)9-12-5-7-13(10-18)8-6-12/h1-8,14H,9,11,19H2. The number of halogens is 1. The van der Waals surface area contributed by atoms with Gasteiger partial charge in [0, 0.05) is 5.92 Å². The first-order valence-corrected chi connectivity index (χ1v) is 6.18. The van der Waals surface area contributed by atoms with Crippen molar-refractivity contribution >= 4 is 0 Å². The van der Waals surface area contributed by atoms with Crippen molar-refractivity contribution in [3.05, 3.63) is 71.0 Å². The summed E-state index contributed by atoms with van der Waals surface area (Å²) in [5.74, 6) is -0.263. The van der Waals surface area contributed by atoms with Crippen LogP contribution in [0.3, 0.4) is 0 Å². The van der Waals surface area contributed by atoms with Crippen molar-refractivity contribution in [2.24, 2.45) is 5.73 Å². The third kappa shape index (κ3) is 3.18. The van der Waals surface area contributed by atoms with Crippen LogP contribution in [0.4, 0.5) is 4.39 Å². The average Bonchev–Trinajstić information content (AvgIpc) is 2.46. The molecule has 2 rings (SSSR count). The Kier molecular flexibility index (Phi) is 4.27. The molecule has 1 atom stereocenters. The molecular formula is C16H15FN2. The molecule has 0 aromatic heterocycles. The van der Waals surface area contributed by atoms with Gasteiger partial charge in [-0.2, -0.15) is 5.26 Å². The molecule has 0 spiro atoms. The number of benzene rings is 2. The normalized spacial score (nSPS) is 11.8. The Balaban J connectivity index is 2.19. The van der Waals surface area contributed by atoms with Crippen LogP contribution in [0.2, 0.25) is 0 Å². The van der Waals surface area contributed by atoms with Crippen molar-refractivity contribution in [3.63, 3.8) is 0 Å². The summed E-state index contributed by atoms with van der Waals surface area (Å²) in [4.78, 5) is 0. The van der Waals surface area contributed by atoms with E-state index in [1.54, 1.807) is 24.3 Å². The van der Waals surface area contributed by atoms with Crippen molar-refractivity contribution in [2.45, 2.75) is 12.3 Å². The van der Waals surface area contributed by atoms with Gasteiger partial charge in [0.1, 0.15) is 5.82 Å². The first-order chi connectivity index (χ1) is 9.24. The van der Waals surface area contributed by atoms with Gasteiger partial charge in [-0.25, -0.2) is 4.39 Å². The van der Waals surface area contributed by atoms with Crippen LogP contribution in [0, 0.1) is 17.1 Å². The van der Waals surface area contributed by atoms with Gasteiger partial charge in [-0.1, -0.05) is 30.3 Å². The predicted molar refractivity (Wildman–Crippen MR) is 73.1 cm³/mol. The Morgan fingerprint density at radius 1 is 1.11 bits per heavy atom. The zero-order chi connectivity index (χ0) is 13.7. The maximum absolute atomic E-state index is 13.7. The molecule has 2 aromatic carbocycles. The molecule has 2 aromatic rings. The number of nitrogens with zero attached hydrogens (tertiary/aromatic N) is 1. The molecule has 0 amide bonds. The van der Waals surface area contributed by atoms with E-state index in [0.29, 0.717) is 24.1 Å². The number of hydrogen-bond donors (Lipinski definition) is 1. The highest BCUT2D eigenvalue weighted by Crippen LogP contribution is 2.22. The van der Waals surface area contributed by atoms with Crippen molar-refractivity contribution in [1.29, 1.82) is 5.26 Å². The minimum atomic E-state index is -0.216. The van der Waals surface area contributed by atoms with Gasteiger partial charge >= 0.3 is 0 Å². The molecule has 19 heavy (non-hydrogen) atoms. The summed E-state index contributed by atoms with van der Waals surface area (Å²) in [7, 11) is 0.